The molecular formula is C15H30N4O2. The Kier molecular flexibility index (Phi) is 8.12. The van der Waals surface area contributed by atoms with Gasteiger partial charge < -0.3 is 20.7 Å². The number of nitrogens with one attached hydrogen (secondary N) is 1. The minimum atomic E-state index is 0.00973. The third-order valence-corrected chi connectivity index (χ3v) is 3.56. The van der Waals surface area contributed by atoms with E-state index < -0.39 is 0 Å². The van der Waals surface area contributed by atoms with Crippen LogP contribution in [0.15, 0.2) is 4.99 Å². The predicted molar refractivity (Wildman–Crippen MR) is 85.2 cm³/mol. The van der Waals surface area contributed by atoms with Gasteiger partial charge in [-0.15, -0.1) is 0 Å². The first-order valence-electron chi connectivity index (χ1n) is 7.91. The number of guanidine groups is 1. The summed E-state index contributed by atoms with van der Waals surface area (Å²) in [4.78, 5) is 17.8. The van der Waals surface area contributed by atoms with E-state index in [1.165, 1.54) is 12.8 Å². The Hall–Kier alpha value is -1.30. The number of hydrogen-bond acceptors (Lipinski definition) is 3. The van der Waals surface area contributed by atoms with Crippen LogP contribution in [-0.2, 0) is 9.53 Å². The molecule has 1 aliphatic rings. The summed E-state index contributed by atoms with van der Waals surface area (Å²) in [6.07, 6.45) is 3.45. The van der Waals surface area contributed by atoms with Crippen LogP contribution in [0.25, 0.3) is 0 Å². The molecule has 1 atom stereocenters. The molecule has 0 spiro atoms. The van der Waals surface area contributed by atoms with E-state index >= 15 is 0 Å². The first-order valence-corrected chi connectivity index (χ1v) is 7.91. The monoisotopic (exact) mass is 298 g/mol. The zero-order valence-electron chi connectivity index (χ0n) is 13.6. The summed E-state index contributed by atoms with van der Waals surface area (Å²) >= 11 is 0. The van der Waals surface area contributed by atoms with Gasteiger partial charge in [0.2, 0.25) is 5.91 Å². The Labute approximate surface area is 128 Å². The largest absolute Gasteiger partial charge is 0.378 e. The number of nitrogens with zero attached hydrogens (tertiary/aromatic N) is 2. The zero-order valence-corrected chi connectivity index (χ0v) is 13.6. The van der Waals surface area contributed by atoms with E-state index in [0.29, 0.717) is 32.3 Å². The second-order valence-corrected chi connectivity index (χ2v) is 6.06. The molecule has 6 heteroatoms. The number of rotatable bonds is 7. The predicted octanol–water partition coefficient (Wildman–Crippen LogP) is 0.964. The van der Waals surface area contributed by atoms with Gasteiger partial charge in [0.25, 0.3) is 0 Å². The minimum Gasteiger partial charge on any atom is -0.378 e. The molecule has 1 unspecified atom stereocenters. The highest BCUT2D eigenvalue weighted by atomic mass is 16.5. The molecule has 122 valence electrons. The van der Waals surface area contributed by atoms with E-state index in [9.17, 15) is 4.79 Å². The van der Waals surface area contributed by atoms with E-state index in [4.69, 9.17) is 10.5 Å². The van der Waals surface area contributed by atoms with E-state index in [-0.39, 0.29) is 18.5 Å². The number of morpholine rings is 1. The zero-order chi connectivity index (χ0) is 15.7. The van der Waals surface area contributed by atoms with E-state index in [1.54, 1.807) is 4.90 Å². The van der Waals surface area contributed by atoms with Crippen molar-refractivity contribution in [2.24, 2.45) is 16.6 Å². The molecule has 6 nitrogen and oxygen atoms in total. The first-order chi connectivity index (χ1) is 9.99. The second kappa shape index (κ2) is 9.60. The number of carbonyl (C=O) groups excluding carboxylic acids is 1. The van der Waals surface area contributed by atoms with Crippen molar-refractivity contribution in [2.75, 3.05) is 32.8 Å². The summed E-state index contributed by atoms with van der Waals surface area (Å²) in [7, 11) is 0. The molecule has 0 aliphatic carbocycles. The van der Waals surface area contributed by atoms with Crippen molar-refractivity contribution in [3.63, 3.8) is 0 Å². The SMILES string of the molecule is CC(C)CCCC(C)NC(N)=NCC(=O)N1CCOCC1. The smallest absolute Gasteiger partial charge is 0.244 e. The molecule has 1 amide bonds. The Balaban J connectivity index is 2.23. The van der Waals surface area contributed by atoms with E-state index in [1.807, 2.05) is 0 Å². The summed E-state index contributed by atoms with van der Waals surface area (Å²) in [6, 6.07) is 0.283. The van der Waals surface area contributed by atoms with Crippen LogP contribution in [0.4, 0.5) is 0 Å². The van der Waals surface area contributed by atoms with Crippen LogP contribution in [0.2, 0.25) is 0 Å². The number of carbonyl (C=O) groups is 1. The quantitative estimate of drug-likeness (QED) is 0.542. The van der Waals surface area contributed by atoms with Gasteiger partial charge in [0.1, 0.15) is 6.54 Å². The van der Waals surface area contributed by atoms with Crippen molar-refractivity contribution in [1.29, 1.82) is 0 Å². The van der Waals surface area contributed by atoms with Gasteiger partial charge >= 0.3 is 0 Å². The Morgan fingerprint density at radius 1 is 1.29 bits per heavy atom. The van der Waals surface area contributed by atoms with E-state index in [0.717, 1.165) is 12.3 Å². The van der Waals surface area contributed by atoms with Crippen molar-refractivity contribution in [3.8, 4) is 0 Å². The molecule has 1 rings (SSSR count). The molecule has 0 aromatic rings. The lowest BCUT2D eigenvalue weighted by Gasteiger charge is -2.26. The molecule has 0 saturated carbocycles. The standard InChI is InChI=1S/C15H30N4O2/c1-12(2)5-4-6-13(3)18-15(16)17-11-14(20)19-7-9-21-10-8-19/h12-13H,4-11H2,1-3H3,(H3,16,17,18). The molecule has 0 aromatic carbocycles. The van der Waals surface area contributed by atoms with Gasteiger partial charge in [-0.1, -0.05) is 26.7 Å². The van der Waals surface area contributed by atoms with E-state index in [2.05, 4.69) is 31.1 Å². The fourth-order valence-electron chi connectivity index (χ4n) is 2.27. The lowest BCUT2D eigenvalue weighted by molar-refractivity contribution is -0.133. The maximum absolute atomic E-state index is 11.9. The molecule has 1 saturated heterocycles. The van der Waals surface area contributed by atoms with Crippen LogP contribution in [0.1, 0.15) is 40.0 Å². The topological polar surface area (TPSA) is 79.9 Å². The van der Waals surface area contributed by atoms with Crippen LogP contribution in [0, 0.1) is 5.92 Å². The van der Waals surface area contributed by atoms with Crippen LogP contribution in [0.5, 0.6) is 0 Å². The molecule has 21 heavy (non-hydrogen) atoms. The Bertz CT molecular complexity index is 339. The Morgan fingerprint density at radius 3 is 2.57 bits per heavy atom. The molecule has 0 bridgehead atoms. The third-order valence-electron chi connectivity index (χ3n) is 3.56. The lowest BCUT2D eigenvalue weighted by atomic mass is 10.0. The highest BCUT2D eigenvalue weighted by Gasteiger charge is 2.16. The molecule has 1 heterocycles. The lowest BCUT2D eigenvalue weighted by Crippen LogP contribution is -2.43. The number of hydrogen-bond donors (Lipinski definition) is 2. The van der Waals surface area contributed by atoms with Crippen LogP contribution in [-0.4, -0.2) is 55.7 Å². The summed E-state index contributed by atoms with van der Waals surface area (Å²) in [5.41, 5.74) is 5.83. The van der Waals surface area contributed by atoms with Gasteiger partial charge in [-0.3, -0.25) is 4.79 Å². The van der Waals surface area contributed by atoms with Crippen LogP contribution >= 0.6 is 0 Å². The first kappa shape index (κ1) is 17.8. The van der Waals surface area contributed by atoms with Crippen molar-refractivity contribution in [3.05, 3.63) is 0 Å². The Morgan fingerprint density at radius 2 is 1.95 bits per heavy atom. The maximum Gasteiger partial charge on any atom is 0.244 e. The number of aliphatic imine (C=N–C) groups is 1. The van der Waals surface area contributed by atoms with Crippen molar-refractivity contribution in [1.82, 2.24) is 10.2 Å². The molecule has 1 aliphatic heterocycles. The number of amides is 1. The summed E-state index contributed by atoms with van der Waals surface area (Å²) in [5.74, 6) is 1.10. The van der Waals surface area contributed by atoms with Gasteiger partial charge in [0.15, 0.2) is 5.96 Å². The molecule has 0 aromatic heterocycles. The van der Waals surface area contributed by atoms with Crippen molar-refractivity contribution in [2.45, 2.75) is 46.1 Å². The van der Waals surface area contributed by atoms with Crippen molar-refractivity contribution < 1.29 is 9.53 Å². The summed E-state index contributed by atoms with van der Waals surface area (Å²) in [6.45, 7) is 9.16. The normalized spacial score (nSPS) is 17.9. The fraction of sp³-hybridized carbons (Fsp3) is 0.867. The van der Waals surface area contributed by atoms with Gasteiger partial charge in [-0.05, 0) is 19.3 Å². The highest BCUT2D eigenvalue weighted by molar-refractivity contribution is 5.84. The maximum atomic E-state index is 11.9. The molecule has 0 radical (unpaired) electrons. The number of nitrogens with two attached hydrogens (primary N) is 1. The number of ether oxygens (including phenoxy) is 1. The average molecular weight is 298 g/mol. The molecule has 3 N–H and O–H groups in total. The fourth-order valence-corrected chi connectivity index (χ4v) is 2.27. The third kappa shape index (κ3) is 7.90. The van der Waals surface area contributed by atoms with Gasteiger partial charge in [-0.2, -0.15) is 0 Å². The van der Waals surface area contributed by atoms with Crippen molar-refractivity contribution >= 4 is 11.9 Å². The highest BCUT2D eigenvalue weighted by Crippen LogP contribution is 2.08. The van der Waals surface area contributed by atoms with Crippen LogP contribution < -0.4 is 11.1 Å². The average Bonchev–Trinajstić information content (AvgIpc) is 2.45. The van der Waals surface area contributed by atoms with Gasteiger partial charge in [0, 0.05) is 19.1 Å². The second-order valence-electron chi connectivity index (χ2n) is 6.06. The summed E-state index contributed by atoms with van der Waals surface area (Å²) < 4.78 is 5.22. The molecule has 1 fully saturated rings. The molecular weight excluding hydrogens is 268 g/mol. The minimum absolute atomic E-state index is 0.00973. The van der Waals surface area contributed by atoms with Gasteiger partial charge in [-0.25, -0.2) is 4.99 Å². The van der Waals surface area contributed by atoms with Gasteiger partial charge in [0.05, 0.1) is 13.2 Å². The summed E-state index contributed by atoms with van der Waals surface area (Å²) in [5, 5.41) is 3.14. The van der Waals surface area contributed by atoms with Crippen LogP contribution in [0.3, 0.4) is 0 Å².